The second kappa shape index (κ2) is 6.81. The number of nitrogens with one attached hydrogen (secondary N) is 1. The highest BCUT2D eigenvalue weighted by molar-refractivity contribution is 5.75. The lowest BCUT2D eigenvalue weighted by molar-refractivity contribution is -0.162. The average Bonchev–Trinajstić information content (AvgIpc) is 2.56. The zero-order valence-electron chi connectivity index (χ0n) is 16.1. The van der Waals surface area contributed by atoms with E-state index in [0.29, 0.717) is 18.4 Å². The van der Waals surface area contributed by atoms with Crippen LogP contribution in [0, 0.1) is 29.1 Å². The lowest BCUT2D eigenvalue weighted by Gasteiger charge is -2.58. The molecule has 5 nitrogen and oxygen atoms in total. The standard InChI is InChI=1S/C20H33NO4/c1-5-19(2,3)17(22)24-7-6-21-18(23)25-20(4)15-9-13-8-14(11-15)12-16(20)10-13/h13-16H,5-12H2,1-4H3,(H,21,23). The van der Waals surface area contributed by atoms with Crippen LogP contribution >= 0.6 is 0 Å². The molecule has 0 spiro atoms. The van der Waals surface area contributed by atoms with E-state index in [1.165, 1.54) is 32.1 Å². The lowest BCUT2D eigenvalue weighted by atomic mass is 9.50. The summed E-state index contributed by atoms with van der Waals surface area (Å²) in [5, 5.41) is 2.75. The number of hydrogen-bond acceptors (Lipinski definition) is 4. The third-order valence-corrected chi connectivity index (χ3v) is 7.11. The number of carbonyl (C=O) groups is 2. The summed E-state index contributed by atoms with van der Waals surface area (Å²) in [5.74, 6) is 2.50. The maximum Gasteiger partial charge on any atom is 0.407 e. The van der Waals surface area contributed by atoms with E-state index in [1.54, 1.807) is 0 Å². The van der Waals surface area contributed by atoms with Crippen LogP contribution in [0.4, 0.5) is 4.79 Å². The Labute approximate surface area is 151 Å². The zero-order chi connectivity index (χ0) is 18.2. The van der Waals surface area contributed by atoms with Crippen LogP contribution in [-0.2, 0) is 14.3 Å². The molecule has 142 valence electrons. The first kappa shape index (κ1) is 18.5. The summed E-state index contributed by atoms with van der Waals surface area (Å²) in [6, 6.07) is 0. The summed E-state index contributed by atoms with van der Waals surface area (Å²) in [6.45, 7) is 8.30. The zero-order valence-corrected chi connectivity index (χ0v) is 16.1. The fourth-order valence-corrected chi connectivity index (χ4v) is 5.16. The van der Waals surface area contributed by atoms with E-state index in [1.807, 2.05) is 20.8 Å². The molecule has 0 heterocycles. The second-order valence-electron chi connectivity index (χ2n) is 9.18. The lowest BCUT2D eigenvalue weighted by Crippen LogP contribution is -2.58. The van der Waals surface area contributed by atoms with Crippen LogP contribution in [0.15, 0.2) is 0 Å². The maximum atomic E-state index is 12.3. The topological polar surface area (TPSA) is 64.6 Å². The number of rotatable bonds is 6. The molecule has 4 rings (SSSR count). The number of carbonyl (C=O) groups excluding carboxylic acids is 2. The van der Waals surface area contributed by atoms with Crippen LogP contribution in [0.3, 0.4) is 0 Å². The number of hydrogen-bond donors (Lipinski definition) is 1. The van der Waals surface area contributed by atoms with Crippen LogP contribution in [0.25, 0.3) is 0 Å². The molecule has 1 N–H and O–H groups in total. The third kappa shape index (κ3) is 3.65. The Balaban J connectivity index is 1.43. The van der Waals surface area contributed by atoms with Crippen LogP contribution in [0.1, 0.15) is 66.2 Å². The van der Waals surface area contributed by atoms with Crippen molar-refractivity contribution in [1.29, 1.82) is 0 Å². The van der Waals surface area contributed by atoms with Gasteiger partial charge in [-0.15, -0.1) is 0 Å². The van der Waals surface area contributed by atoms with Gasteiger partial charge in [0.1, 0.15) is 12.2 Å². The van der Waals surface area contributed by atoms with E-state index in [0.717, 1.165) is 18.3 Å². The number of ether oxygens (including phenoxy) is 2. The minimum absolute atomic E-state index is 0.186. The van der Waals surface area contributed by atoms with Gasteiger partial charge in [0.05, 0.1) is 12.0 Å². The molecule has 4 bridgehead atoms. The molecule has 4 aliphatic rings. The molecule has 0 saturated heterocycles. The van der Waals surface area contributed by atoms with Crippen molar-refractivity contribution < 1.29 is 19.1 Å². The van der Waals surface area contributed by atoms with Crippen molar-refractivity contribution in [2.24, 2.45) is 29.1 Å². The molecule has 4 saturated carbocycles. The van der Waals surface area contributed by atoms with Crippen molar-refractivity contribution in [3.8, 4) is 0 Å². The maximum absolute atomic E-state index is 12.3. The van der Waals surface area contributed by atoms with E-state index >= 15 is 0 Å². The van der Waals surface area contributed by atoms with Gasteiger partial charge in [-0.2, -0.15) is 0 Å². The smallest absolute Gasteiger partial charge is 0.407 e. The predicted octanol–water partition coefficient (Wildman–Crippen LogP) is 3.91. The van der Waals surface area contributed by atoms with Crippen molar-refractivity contribution in [3.05, 3.63) is 0 Å². The monoisotopic (exact) mass is 351 g/mol. The van der Waals surface area contributed by atoms with Gasteiger partial charge >= 0.3 is 12.1 Å². The molecule has 1 amide bonds. The summed E-state index contributed by atoms with van der Waals surface area (Å²) in [6.07, 6.45) is 6.57. The molecule has 0 unspecified atom stereocenters. The molecule has 0 aromatic rings. The minimum atomic E-state index is -0.478. The molecular weight excluding hydrogens is 318 g/mol. The fraction of sp³-hybridized carbons (Fsp3) is 0.900. The quantitative estimate of drug-likeness (QED) is 0.582. The normalized spacial score (nSPS) is 36.2. The van der Waals surface area contributed by atoms with E-state index < -0.39 is 5.41 Å². The number of alkyl carbamates (subject to hydrolysis) is 1. The molecule has 0 aliphatic heterocycles. The summed E-state index contributed by atoms with van der Waals surface area (Å²) in [4.78, 5) is 24.2. The van der Waals surface area contributed by atoms with Crippen LogP contribution in [0.2, 0.25) is 0 Å². The van der Waals surface area contributed by atoms with E-state index in [-0.39, 0.29) is 24.3 Å². The molecule has 25 heavy (non-hydrogen) atoms. The summed E-state index contributed by atoms with van der Waals surface area (Å²) in [5.41, 5.74) is -0.799. The first-order valence-electron chi connectivity index (χ1n) is 9.88. The van der Waals surface area contributed by atoms with Gasteiger partial charge in [-0.25, -0.2) is 4.79 Å². The Hall–Kier alpha value is -1.26. The highest BCUT2D eigenvalue weighted by atomic mass is 16.6. The van der Waals surface area contributed by atoms with Gasteiger partial charge in [-0.05, 0) is 83.0 Å². The summed E-state index contributed by atoms with van der Waals surface area (Å²) < 4.78 is 11.2. The highest BCUT2D eigenvalue weighted by Gasteiger charge is 2.57. The van der Waals surface area contributed by atoms with Crippen molar-refractivity contribution in [3.63, 3.8) is 0 Å². The third-order valence-electron chi connectivity index (χ3n) is 7.11. The predicted molar refractivity (Wildman–Crippen MR) is 95.0 cm³/mol. The number of amides is 1. The van der Waals surface area contributed by atoms with Crippen LogP contribution in [0.5, 0.6) is 0 Å². The van der Waals surface area contributed by atoms with Gasteiger partial charge in [0.25, 0.3) is 0 Å². The molecule has 0 aromatic heterocycles. The van der Waals surface area contributed by atoms with Gasteiger partial charge in [-0.1, -0.05) is 6.92 Å². The van der Waals surface area contributed by atoms with Crippen LogP contribution < -0.4 is 5.32 Å². The highest BCUT2D eigenvalue weighted by Crippen LogP contribution is 2.59. The van der Waals surface area contributed by atoms with Gasteiger partial charge in [0.2, 0.25) is 0 Å². The molecule has 4 aliphatic carbocycles. The first-order valence-corrected chi connectivity index (χ1v) is 9.88. The van der Waals surface area contributed by atoms with Gasteiger partial charge in [-0.3, -0.25) is 4.79 Å². The second-order valence-corrected chi connectivity index (χ2v) is 9.18. The molecule has 4 fully saturated rings. The summed E-state index contributed by atoms with van der Waals surface area (Å²) >= 11 is 0. The van der Waals surface area contributed by atoms with Gasteiger partial charge in [0, 0.05) is 0 Å². The molecular formula is C20H33NO4. The Bertz CT molecular complexity index is 500. The first-order chi connectivity index (χ1) is 11.7. The average molecular weight is 351 g/mol. The molecule has 0 aromatic carbocycles. The van der Waals surface area contributed by atoms with Crippen molar-refractivity contribution in [2.75, 3.05) is 13.2 Å². The molecule has 0 radical (unpaired) electrons. The van der Waals surface area contributed by atoms with Gasteiger partial charge < -0.3 is 14.8 Å². The Kier molecular flexibility index (Phi) is 5.04. The Morgan fingerprint density at radius 2 is 1.64 bits per heavy atom. The van der Waals surface area contributed by atoms with Crippen molar-refractivity contribution in [1.82, 2.24) is 5.32 Å². The van der Waals surface area contributed by atoms with E-state index in [2.05, 4.69) is 12.2 Å². The Morgan fingerprint density at radius 3 is 2.16 bits per heavy atom. The molecule has 5 heteroatoms. The molecule has 0 atom stereocenters. The minimum Gasteiger partial charge on any atom is -0.463 e. The van der Waals surface area contributed by atoms with Crippen LogP contribution in [-0.4, -0.2) is 30.8 Å². The SMILES string of the molecule is CCC(C)(C)C(=O)OCCNC(=O)OC1(C)C2CC3CC(C2)CC1C3. The van der Waals surface area contributed by atoms with E-state index in [4.69, 9.17) is 9.47 Å². The fourth-order valence-electron chi connectivity index (χ4n) is 5.16. The van der Waals surface area contributed by atoms with Crippen molar-refractivity contribution in [2.45, 2.75) is 71.8 Å². The van der Waals surface area contributed by atoms with Crippen molar-refractivity contribution >= 4 is 12.1 Å². The Morgan fingerprint density at radius 1 is 1.08 bits per heavy atom. The summed E-state index contributed by atoms with van der Waals surface area (Å²) in [7, 11) is 0. The number of esters is 1. The van der Waals surface area contributed by atoms with Gasteiger partial charge in [0.15, 0.2) is 0 Å². The van der Waals surface area contributed by atoms with E-state index in [9.17, 15) is 9.59 Å². The largest absolute Gasteiger partial charge is 0.463 e.